The number of aromatic nitrogens is 12. The molecule has 16 rings (SSSR count). The number of hydrogen-bond donors (Lipinski definition) is 3. The largest absolute Gasteiger partial charge is 0.497 e. The molecule has 0 spiro atoms. The summed E-state index contributed by atoms with van der Waals surface area (Å²) < 4.78 is 51.9. The fraction of sp³-hybridized carbons (Fsp3) is 0.355. The monoisotopic (exact) mass is 1730 g/mol. The number of piperidine rings is 3. The average Bonchev–Trinajstić information content (AvgIpc) is 1.60. The van der Waals surface area contributed by atoms with E-state index in [0.717, 1.165) is 172 Å². The van der Waals surface area contributed by atoms with Crippen LogP contribution in [0.4, 0.5) is 17.5 Å². The van der Waals surface area contributed by atoms with Gasteiger partial charge in [0.05, 0.1) is 120 Å². The second-order valence-corrected chi connectivity index (χ2v) is 33.9. The number of pyridine rings is 9. The molecule has 0 radical (unpaired) electrons. The van der Waals surface area contributed by atoms with E-state index in [0.29, 0.717) is 39.8 Å². The van der Waals surface area contributed by atoms with Gasteiger partial charge in [-0.3, -0.25) is 0 Å². The van der Waals surface area contributed by atoms with E-state index >= 15 is 0 Å². The molecule has 0 aromatic carbocycles. The summed E-state index contributed by atoms with van der Waals surface area (Å²) in [5.74, 6) is 25.3. The van der Waals surface area contributed by atoms with Crippen LogP contribution in [0.25, 0.3) is 38.8 Å². The van der Waals surface area contributed by atoms with Gasteiger partial charge >= 0.3 is 7.12 Å². The molecule has 31 heteroatoms. The lowest BCUT2D eigenvalue weighted by atomic mass is 9.77. The summed E-state index contributed by atoms with van der Waals surface area (Å²) in [5, 5.41) is 41.7. The molecule has 12 aromatic heterocycles. The highest BCUT2D eigenvalue weighted by Gasteiger charge is 2.52. The zero-order valence-electron chi connectivity index (χ0n) is 71.8. The van der Waals surface area contributed by atoms with Gasteiger partial charge in [-0.25, -0.2) is 43.5 Å². The van der Waals surface area contributed by atoms with Crippen LogP contribution < -0.4 is 65.8 Å². The number of halogens is 1. The first-order chi connectivity index (χ1) is 59.3. The van der Waals surface area contributed by atoms with Crippen LogP contribution in [0.5, 0.6) is 34.9 Å². The number of ether oxygens (including phenoxy) is 6. The van der Waals surface area contributed by atoms with E-state index in [1.165, 1.54) is 6.20 Å². The number of hydrogen-bond acceptors (Lipinski definition) is 26. The molecule has 29 nitrogen and oxygen atoms in total. The van der Waals surface area contributed by atoms with Gasteiger partial charge in [-0.15, -0.1) is 0 Å². The van der Waals surface area contributed by atoms with Gasteiger partial charge in [0.1, 0.15) is 71.2 Å². The van der Waals surface area contributed by atoms with Crippen molar-refractivity contribution in [3.63, 3.8) is 0 Å². The Labute approximate surface area is 731 Å². The molecule has 4 saturated heterocycles. The molecule has 12 aromatic rings. The Bertz CT molecular complexity index is 5810. The summed E-state index contributed by atoms with van der Waals surface area (Å²) >= 11 is 3.41. The third kappa shape index (κ3) is 22.5. The fourth-order valence-electron chi connectivity index (χ4n) is 14.0. The third-order valence-electron chi connectivity index (χ3n) is 21.1. The molecule has 0 aliphatic carbocycles. The highest BCUT2D eigenvalue weighted by Crippen LogP contribution is 2.38. The van der Waals surface area contributed by atoms with Gasteiger partial charge < -0.3 is 69.6 Å². The SMILES string of the molecule is CC(C)(N)C#Cc1cc(B2OC(C)(C)C(C)(C)O2)c2c(C#N)cnn2c1.COc1ccc(OC2CCN(c3ccc(-c4cc(C#CC(C)(C)N)cn5ncc(C#N)c45)cn3)CC2)cn1.COc1ccc(OC2CCN(c3ccc(-c4cc(C#CC(C)(C)N)cn5ncc(C#N)c45)cn3)CC2)cn1.COc1ccc(OC2CCN(c3ccc(Br)cn3)CC2)cn1. The lowest BCUT2D eigenvalue weighted by Gasteiger charge is -2.33. The van der Waals surface area contributed by atoms with Crippen molar-refractivity contribution in [2.24, 2.45) is 17.2 Å². The van der Waals surface area contributed by atoms with Crippen molar-refractivity contribution in [3.8, 4) is 111 Å². The minimum absolute atomic E-state index is 0.127. The predicted octanol–water partition coefficient (Wildman–Crippen LogP) is 12.5. The summed E-state index contributed by atoms with van der Waals surface area (Å²) in [7, 11) is 4.18. The smallest absolute Gasteiger partial charge is 0.489 e. The number of nitrogens with zero attached hydrogens (tertiary/aromatic N) is 18. The second-order valence-electron chi connectivity index (χ2n) is 33.0. The lowest BCUT2D eigenvalue weighted by Crippen LogP contribution is -2.41. The Morgan fingerprint density at radius 1 is 0.419 bits per heavy atom. The second kappa shape index (κ2) is 38.4. The lowest BCUT2D eigenvalue weighted by molar-refractivity contribution is 0.00578. The summed E-state index contributed by atoms with van der Waals surface area (Å²) in [6, 6.07) is 35.7. The molecule has 634 valence electrons. The normalized spacial score (nSPS) is 15.2. The molecule has 4 fully saturated rings. The van der Waals surface area contributed by atoms with E-state index in [-0.39, 0.29) is 18.3 Å². The summed E-state index contributed by atoms with van der Waals surface area (Å²) in [5.41, 5.74) is 25.3. The Morgan fingerprint density at radius 2 is 0.742 bits per heavy atom. The maximum atomic E-state index is 9.64. The van der Waals surface area contributed by atoms with Crippen molar-refractivity contribution in [1.82, 2.24) is 58.7 Å². The van der Waals surface area contributed by atoms with Crippen LogP contribution in [0.2, 0.25) is 0 Å². The zero-order chi connectivity index (χ0) is 88.1. The first kappa shape index (κ1) is 88.5. The Morgan fingerprint density at radius 3 is 1.03 bits per heavy atom. The van der Waals surface area contributed by atoms with Gasteiger partial charge in [-0.05, 0) is 158 Å². The molecule has 0 atom stereocenters. The van der Waals surface area contributed by atoms with Gasteiger partial charge in [0.25, 0.3) is 0 Å². The van der Waals surface area contributed by atoms with Crippen LogP contribution in [-0.2, 0) is 9.31 Å². The molecular formula is C93H99BBrN21O8. The predicted molar refractivity (Wildman–Crippen MR) is 479 cm³/mol. The van der Waals surface area contributed by atoms with E-state index in [4.69, 9.17) is 64.9 Å². The average molecular weight is 1730 g/mol. The minimum Gasteiger partial charge on any atom is -0.489 e. The standard InChI is InChI=1S/2C29H29N7O2.C19H23BN4O2.C16H18BrN3O2/c2*1-29(2,31)11-8-20-14-25(28-22(15-30)17-34-36(28)19-20)21-4-6-26(32-16-21)35-12-9-23(10-13-35)38-24-5-7-27(37-3)33-18-24;1-17(2,22)8-7-13-9-15(16-14(10-21)11-23-24(16)12-13)20-25-18(3,4)19(5,6)26-20;1-21-16-5-3-14(11-19-16)22-13-6-8-20(9-7-13)15-4-2-12(17)10-18-15/h2*4-7,14,16-19,23H,9-10,12-13,31H2,1-3H3;9,11-12H,22H2,1-6H3;2-5,10-11,13H,6-9H2,1H3. The fourth-order valence-corrected chi connectivity index (χ4v) is 14.2. The van der Waals surface area contributed by atoms with Crippen molar-refractivity contribution in [2.75, 3.05) is 75.3 Å². The summed E-state index contributed by atoms with van der Waals surface area (Å²) in [4.78, 5) is 33.4. The molecule has 6 N–H and O–H groups in total. The molecule has 16 heterocycles. The Kier molecular flexibility index (Phi) is 27.4. The third-order valence-corrected chi connectivity index (χ3v) is 21.6. The van der Waals surface area contributed by atoms with Crippen molar-refractivity contribution < 1.29 is 37.7 Å². The highest BCUT2D eigenvalue weighted by atomic mass is 79.9. The number of anilines is 3. The topological polar surface area (TPSA) is 362 Å². The molecular weight excluding hydrogens is 1630 g/mol. The van der Waals surface area contributed by atoms with Gasteiger partial charge in [0.2, 0.25) is 17.6 Å². The molecule has 0 unspecified atom stereocenters. The van der Waals surface area contributed by atoms with Gasteiger partial charge in [-0.1, -0.05) is 35.5 Å². The summed E-state index contributed by atoms with van der Waals surface area (Å²) in [6.45, 7) is 24.3. The van der Waals surface area contributed by atoms with Crippen molar-refractivity contribution in [2.45, 2.75) is 154 Å². The Hall–Kier alpha value is -13.3. The Balaban J connectivity index is 0.000000145. The van der Waals surface area contributed by atoms with Crippen LogP contribution in [0.1, 0.15) is 141 Å². The molecule has 4 aliphatic heterocycles. The molecule has 0 saturated carbocycles. The van der Waals surface area contributed by atoms with Gasteiger partial charge in [0.15, 0.2) is 0 Å². The highest BCUT2D eigenvalue weighted by molar-refractivity contribution is 9.10. The first-order valence-electron chi connectivity index (χ1n) is 40.7. The zero-order valence-corrected chi connectivity index (χ0v) is 73.4. The van der Waals surface area contributed by atoms with E-state index in [1.54, 1.807) is 84.2 Å². The molecule has 0 bridgehead atoms. The number of rotatable bonds is 15. The number of nitriles is 3. The van der Waals surface area contributed by atoms with Crippen LogP contribution in [0.3, 0.4) is 0 Å². The van der Waals surface area contributed by atoms with Crippen molar-refractivity contribution in [1.29, 1.82) is 15.8 Å². The quantitative estimate of drug-likeness (QED) is 0.0634. The number of fused-ring (bicyclic) bond motifs is 3. The number of nitrogens with two attached hydrogens (primary N) is 3. The van der Waals surface area contributed by atoms with Crippen LogP contribution in [0, 0.1) is 69.5 Å². The van der Waals surface area contributed by atoms with E-state index in [9.17, 15) is 15.8 Å². The van der Waals surface area contributed by atoms with Crippen molar-refractivity contribution in [3.05, 3.63) is 203 Å². The summed E-state index contributed by atoms with van der Waals surface area (Å²) in [6.07, 6.45) is 26.7. The van der Waals surface area contributed by atoms with Crippen molar-refractivity contribution >= 4 is 62.5 Å². The van der Waals surface area contributed by atoms with E-state index < -0.39 is 34.9 Å². The minimum atomic E-state index is -0.621. The molecule has 4 aliphatic rings. The number of methoxy groups -OCH3 is 3. The van der Waals surface area contributed by atoms with Crippen LogP contribution >= 0.6 is 15.9 Å². The maximum absolute atomic E-state index is 9.64. The molecule has 124 heavy (non-hydrogen) atoms. The van der Waals surface area contributed by atoms with Crippen LogP contribution in [-0.4, -0.2) is 173 Å². The van der Waals surface area contributed by atoms with E-state index in [2.05, 4.69) is 120 Å². The van der Waals surface area contributed by atoms with E-state index in [1.807, 2.05) is 179 Å². The molecule has 0 amide bonds. The van der Waals surface area contributed by atoms with Gasteiger partial charge in [0, 0.05) is 182 Å². The van der Waals surface area contributed by atoms with Gasteiger partial charge in [-0.2, -0.15) is 31.1 Å². The van der Waals surface area contributed by atoms with Crippen LogP contribution in [0.15, 0.2) is 170 Å². The first-order valence-corrected chi connectivity index (χ1v) is 41.5. The maximum Gasteiger partial charge on any atom is 0.497 e.